The Kier molecular flexibility index (Phi) is 10.4. The normalized spacial score (nSPS) is 20.1. The molecule has 0 fully saturated rings. The summed E-state index contributed by atoms with van der Waals surface area (Å²) in [4.78, 5) is 46.6. The average molecular weight is 614 g/mol. The van der Waals surface area contributed by atoms with Crippen molar-refractivity contribution in [3.05, 3.63) is 47.5 Å². The molecule has 33 heavy (non-hydrogen) atoms. The number of alkyl halides is 6. The molecule has 4 amide bonds. The van der Waals surface area contributed by atoms with Crippen molar-refractivity contribution in [3.63, 3.8) is 0 Å². The zero-order valence-corrected chi connectivity index (χ0v) is 22.4. The third kappa shape index (κ3) is 8.58. The highest BCUT2D eigenvalue weighted by Gasteiger charge is 2.40. The first-order chi connectivity index (χ1) is 15.2. The summed E-state index contributed by atoms with van der Waals surface area (Å²) in [6, 6.07) is 6.48. The van der Waals surface area contributed by atoms with Crippen molar-refractivity contribution in [2.24, 2.45) is 17.6 Å². The lowest BCUT2D eigenvalue weighted by Crippen LogP contribution is -2.39. The Hall–Kier alpha value is -0.520. The summed E-state index contributed by atoms with van der Waals surface area (Å²) < 4.78 is -0.0891. The van der Waals surface area contributed by atoms with Crippen molar-refractivity contribution >= 4 is 117 Å². The number of halogens is 6. The number of nitrogens with one attached hydrogen (secondary N) is 1. The van der Waals surface area contributed by atoms with Gasteiger partial charge >= 0.3 is 0 Å². The van der Waals surface area contributed by atoms with E-state index in [9.17, 15) is 19.2 Å². The van der Waals surface area contributed by atoms with Gasteiger partial charge in [-0.2, -0.15) is 0 Å². The van der Waals surface area contributed by atoms with E-state index in [4.69, 9.17) is 75.3 Å². The molecular formula is C18H15Cl6N3O4S2. The van der Waals surface area contributed by atoms with Crippen molar-refractivity contribution in [2.45, 2.75) is 19.1 Å². The fourth-order valence-corrected chi connectivity index (χ4v) is 4.86. The number of benzene rings is 1. The molecule has 1 aliphatic heterocycles. The van der Waals surface area contributed by atoms with Crippen molar-refractivity contribution in [1.29, 1.82) is 0 Å². The smallest absolute Gasteiger partial charge is 0.271 e. The van der Waals surface area contributed by atoms with Crippen LogP contribution in [0.15, 0.2) is 36.4 Å². The van der Waals surface area contributed by atoms with Gasteiger partial charge in [0.05, 0.1) is 23.0 Å². The number of amides is 4. The van der Waals surface area contributed by atoms with Crippen molar-refractivity contribution in [1.82, 2.24) is 9.03 Å². The molecule has 1 heterocycles. The molecule has 0 bridgehead atoms. The molecule has 0 radical (unpaired) electrons. The zero-order chi connectivity index (χ0) is 25.0. The van der Waals surface area contributed by atoms with Gasteiger partial charge in [0.2, 0.25) is 11.8 Å². The van der Waals surface area contributed by atoms with Gasteiger partial charge in [0, 0.05) is 23.9 Å². The molecule has 15 heteroatoms. The highest BCUT2D eigenvalue weighted by atomic mass is 35.6. The van der Waals surface area contributed by atoms with Gasteiger partial charge in [0.25, 0.3) is 18.1 Å². The van der Waals surface area contributed by atoms with Gasteiger partial charge in [0.15, 0.2) is 0 Å². The van der Waals surface area contributed by atoms with Crippen LogP contribution in [0, 0.1) is 11.8 Å². The van der Waals surface area contributed by atoms with Gasteiger partial charge < -0.3 is 5.73 Å². The fraction of sp³-hybridized carbons (Fsp3) is 0.333. The van der Waals surface area contributed by atoms with Crippen LogP contribution in [0.4, 0.5) is 0 Å². The maximum absolute atomic E-state index is 11.8. The van der Waals surface area contributed by atoms with Gasteiger partial charge in [-0.15, -0.1) is 0 Å². The number of primary amides is 1. The van der Waals surface area contributed by atoms with Gasteiger partial charge in [0.1, 0.15) is 0 Å². The molecule has 3 rings (SSSR count). The van der Waals surface area contributed by atoms with Crippen LogP contribution in [-0.2, 0) is 9.59 Å². The second-order valence-corrected chi connectivity index (χ2v) is 14.6. The van der Waals surface area contributed by atoms with Crippen LogP contribution in [0.5, 0.6) is 0 Å². The first-order valence-corrected chi connectivity index (χ1v) is 12.8. The Morgan fingerprint density at radius 3 is 1.82 bits per heavy atom. The number of fused-ring (bicyclic) bond motifs is 1. The number of allylic oxidation sites excluding steroid dienone is 2. The molecule has 0 spiro atoms. The molecule has 1 aromatic rings. The minimum absolute atomic E-state index is 0.328. The predicted octanol–water partition coefficient (Wildman–Crippen LogP) is 5.40. The Morgan fingerprint density at radius 2 is 1.39 bits per heavy atom. The summed E-state index contributed by atoms with van der Waals surface area (Å²) >= 11 is 34.3. The molecule has 0 saturated heterocycles. The lowest BCUT2D eigenvalue weighted by atomic mass is 9.82. The summed E-state index contributed by atoms with van der Waals surface area (Å²) in [5.41, 5.74) is 5.90. The van der Waals surface area contributed by atoms with Gasteiger partial charge in [-0.25, -0.2) is 4.31 Å². The van der Waals surface area contributed by atoms with Crippen LogP contribution in [0.2, 0.25) is 0 Å². The molecular weight excluding hydrogens is 599 g/mol. The molecule has 1 aliphatic carbocycles. The summed E-state index contributed by atoms with van der Waals surface area (Å²) in [5, 5.41) is 0. The largest absolute Gasteiger partial charge is 0.369 e. The van der Waals surface area contributed by atoms with Gasteiger partial charge in [-0.1, -0.05) is 93.9 Å². The highest BCUT2D eigenvalue weighted by Crippen LogP contribution is 2.44. The molecule has 2 aliphatic rings. The number of hydrogen-bond donors (Lipinski definition) is 2. The van der Waals surface area contributed by atoms with Crippen LogP contribution in [0.25, 0.3) is 0 Å². The summed E-state index contributed by atoms with van der Waals surface area (Å²) in [5.74, 6) is -2.77. The standard InChI is InChI=1S/C9H11Cl3N2O2S.C9H4Cl3NO2S/c10-9(11,12)17-14-8(16)6-4-2-1-3-5(6)7(13)15;10-9(11,12)16-13-7(14)5-3-1-2-4-6(5)8(13)15/h1-2,5-6H,3-4H2,(H2,13,15)(H,14,16);1-4H. The Morgan fingerprint density at radius 1 is 0.909 bits per heavy atom. The summed E-state index contributed by atoms with van der Waals surface area (Å²) in [6.07, 6.45) is 4.59. The maximum Gasteiger partial charge on any atom is 0.271 e. The average Bonchev–Trinajstić information content (AvgIpc) is 2.96. The molecule has 0 aromatic heterocycles. The molecule has 2 unspecified atom stereocenters. The Labute approximate surface area is 228 Å². The van der Waals surface area contributed by atoms with Crippen LogP contribution in [0.1, 0.15) is 33.6 Å². The van der Waals surface area contributed by atoms with E-state index in [0.717, 1.165) is 4.31 Å². The van der Waals surface area contributed by atoms with E-state index in [1.54, 1.807) is 24.3 Å². The number of nitrogens with zero attached hydrogens (tertiary/aromatic N) is 1. The van der Waals surface area contributed by atoms with Crippen LogP contribution in [-0.4, -0.2) is 34.2 Å². The van der Waals surface area contributed by atoms with Crippen molar-refractivity contribution in [2.75, 3.05) is 0 Å². The molecule has 0 saturated carbocycles. The van der Waals surface area contributed by atoms with Crippen molar-refractivity contribution in [3.8, 4) is 0 Å². The van der Waals surface area contributed by atoms with Crippen LogP contribution >= 0.6 is 93.5 Å². The van der Waals surface area contributed by atoms with Crippen LogP contribution < -0.4 is 10.5 Å². The monoisotopic (exact) mass is 611 g/mol. The van der Waals surface area contributed by atoms with E-state index in [2.05, 4.69) is 4.72 Å². The second-order valence-electron chi connectivity index (χ2n) is 6.56. The minimum atomic E-state index is -1.74. The number of imide groups is 1. The SMILES string of the molecule is NC(=O)C1CC=CCC1C(=O)NSC(Cl)(Cl)Cl.O=C1c2ccccc2C(=O)N1SC(Cl)(Cl)Cl. The Balaban J connectivity index is 0.000000234. The molecule has 180 valence electrons. The molecule has 1 aromatic carbocycles. The minimum Gasteiger partial charge on any atom is -0.369 e. The lowest BCUT2D eigenvalue weighted by molar-refractivity contribution is -0.132. The molecule has 7 nitrogen and oxygen atoms in total. The Bertz CT molecular complexity index is 932. The fourth-order valence-electron chi connectivity index (χ4n) is 2.96. The summed E-state index contributed by atoms with van der Waals surface area (Å²) in [6.45, 7) is 0. The summed E-state index contributed by atoms with van der Waals surface area (Å²) in [7, 11) is 0. The van der Waals surface area contributed by atoms with Gasteiger partial charge in [-0.3, -0.25) is 23.9 Å². The van der Waals surface area contributed by atoms with E-state index < -0.39 is 35.8 Å². The number of carbonyl (C=O) groups excluding carboxylic acids is 4. The topological polar surface area (TPSA) is 110 Å². The van der Waals surface area contributed by atoms with E-state index in [1.807, 2.05) is 12.2 Å². The number of rotatable bonds is 4. The second kappa shape index (κ2) is 11.9. The third-order valence-electron chi connectivity index (χ3n) is 4.35. The molecule has 3 N–H and O–H groups in total. The number of carbonyl (C=O) groups is 4. The first-order valence-electron chi connectivity index (χ1n) is 8.94. The van der Waals surface area contributed by atoms with E-state index >= 15 is 0 Å². The van der Waals surface area contributed by atoms with Gasteiger partial charge in [-0.05, 0) is 25.0 Å². The number of hydrogen-bond acceptors (Lipinski definition) is 6. The van der Waals surface area contributed by atoms with Crippen molar-refractivity contribution < 1.29 is 19.2 Å². The maximum atomic E-state index is 11.8. The van der Waals surface area contributed by atoms with E-state index in [0.29, 0.717) is 47.9 Å². The lowest BCUT2D eigenvalue weighted by Gasteiger charge is -2.25. The van der Waals surface area contributed by atoms with E-state index in [1.165, 1.54) is 0 Å². The van der Waals surface area contributed by atoms with E-state index in [-0.39, 0.29) is 5.91 Å². The predicted molar refractivity (Wildman–Crippen MR) is 135 cm³/mol. The quantitative estimate of drug-likeness (QED) is 0.204. The first kappa shape index (κ1) is 28.7. The molecule has 2 atom stereocenters. The third-order valence-corrected chi connectivity index (χ3v) is 6.92. The number of nitrogens with two attached hydrogens (primary N) is 1. The zero-order valence-electron chi connectivity index (χ0n) is 16.3. The highest BCUT2D eigenvalue weighted by molar-refractivity contribution is 8.03. The van der Waals surface area contributed by atoms with Crippen LogP contribution in [0.3, 0.4) is 0 Å².